The van der Waals surface area contributed by atoms with Crippen LogP contribution in [0, 0.1) is 0 Å². The van der Waals surface area contributed by atoms with Gasteiger partial charge in [-0.15, -0.1) is 0 Å². The summed E-state index contributed by atoms with van der Waals surface area (Å²) >= 11 is 0. The molecule has 2 heterocycles. The predicted molar refractivity (Wildman–Crippen MR) is 131 cm³/mol. The molecule has 1 aliphatic heterocycles. The van der Waals surface area contributed by atoms with Crippen molar-refractivity contribution in [2.24, 2.45) is 0 Å². The standard InChI is InChI=1S/C23H27F3N6O3S/c1-3-20(33)29-19-11-15(14-5-4-6-14)7-8-18(19)30-21-17(23(24,25)26)12-27-22(31-21)28-16-9-10-32(13-16)36(2,34)35/h3,7-8,11-12,14,16H,1,4-6,9-10,13H2,2H3,(H,29,33)(H2,27,28,30,31). The number of nitrogens with zero attached hydrogens (tertiary/aromatic N) is 3. The van der Waals surface area contributed by atoms with Crippen LogP contribution in [0.15, 0.2) is 37.1 Å². The molecular weight excluding hydrogens is 497 g/mol. The molecule has 0 bridgehead atoms. The molecule has 1 saturated carbocycles. The second-order valence-corrected chi connectivity index (χ2v) is 10.9. The number of nitrogens with one attached hydrogen (secondary N) is 3. The van der Waals surface area contributed by atoms with Gasteiger partial charge < -0.3 is 16.0 Å². The lowest BCUT2D eigenvalue weighted by molar-refractivity contribution is -0.137. The van der Waals surface area contributed by atoms with Crippen molar-refractivity contribution in [1.82, 2.24) is 14.3 Å². The van der Waals surface area contributed by atoms with Crippen LogP contribution < -0.4 is 16.0 Å². The van der Waals surface area contributed by atoms with Crippen LogP contribution in [0.3, 0.4) is 0 Å². The number of aromatic nitrogens is 2. The molecule has 3 N–H and O–H groups in total. The zero-order valence-electron chi connectivity index (χ0n) is 19.6. The Morgan fingerprint density at radius 1 is 1.22 bits per heavy atom. The van der Waals surface area contributed by atoms with E-state index in [0.717, 1.165) is 37.2 Å². The molecule has 1 atom stereocenters. The van der Waals surface area contributed by atoms with Crippen molar-refractivity contribution in [2.75, 3.05) is 35.3 Å². The highest BCUT2D eigenvalue weighted by molar-refractivity contribution is 7.88. The van der Waals surface area contributed by atoms with Crippen LogP contribution in [-0.2, 0) is 21.0 Å². The summed E-state index contributed by atoms with van der Waals surface area (Å²) in [6.07, 6.45) is 1.70. The van der Waals surface area contributed by atoms with Gasteiger partial charge in [0.25, 0.3) is 0 Å². The highest BCUT2D eigenvalue weighted by Gasteiger charge is 2.36. The Balaban J connectivity index is 1.63. The summed E-state index contributed by atoms with van der Waals surface area (Å²) in [6.45, 7) is 3.88. The predicted octanol–water partition coefficient (Wildman–Crippen LogP) is 4.08. The first-order valence-electron chi connectivity index (χ1n) is 11.4. The van der Waals surface area contributed by atoms with Gasteiger partial charge in [-0.05, 0) is 49.0 Å². The molecule has 9 nitrogen and oxygen atoms in total. The van der Waals surface area contributed by atoms with Crippen molar-refractivity contribution >= 4 is 39.1 Å². The van der Waals surface area contributed by atoms with Gasteiger partial charge in [0.1, 0.15) is 11.4 Å². The van der Waals surface area contributed by atoms with Crippen LogP contribution in [0.4, 0.5) is 36.3 Å². The molecule has 1 aliphatic carbocycles. The van der Waals surface area contributed by atoms with Gasteiger partial charge in [-0.3, -0.25) is 4.79 Å². The Hall–Kier alpha value is -3.19. The minimum Gasteiger partial charge on any atom is -0.350 e. The highest BCUT2D eigenvalue weighted by atomic mass is 32.2. The third-order valence-corrected chi connectivity index (χ3v) is 7.63. The first-order chi connectivity index (χ1) is 16.9. The zero-order chi connectivity index (χ0) is 26.1. The second-order valence-electron chi connectivity index (χ2n) is 8.96. The van der Waals surface area contributed by atoms with Crippen molar-refractivity contribution in [3.63, 3.8) is 0 Å². The van der Waals surface area contributed by atoms with E-state index in [-0.39, 0.29) is 24.2 Å². The number of alkyl halides is 3. The highest BCUT2D eigenvalue weighted by Crippen LogP contribution is 2.40. The van der Waals surface area contributed by atoms with Crippen molar-refractivity contribution in [3.8, 4) is 0 Å². The average molecular weight is 525 g/mol. The molecule has 2 aromatic rings. The number of anilines is 4. The molecule has 2 aliphatic rings. The molecule has 1 unspecified atom stereocenters. The Morgan fingerprint density at radius 2 is 1.97 bits per heavy atom. The topological polar surface area (TPSA) is 116 Å². The summed E-state index contributed by atoms with van der Waals surface area (Å²) in [5, 5.41) is 8.29. The van der Waals surface area contributed by atoms with Gasteiger partial charge in [0, 0.05) is 25.3 Å². The fraction of sp³-hybridized carbons (Fsp3) is 0.435. The van der Waals surface area contributed by atoms with Crippen molar-refractivity contribution < 1.29 is 26.4 Å². The quantitative estimate of drug-likeness (QED) is 0.446. The molecule has 1 aromatic heterocycles. The minimum absolute atomic E-state index is 0.0754. The minimum atomic E-state index is -4.74. The summed E-state index contributed by atoms with van der Waals surface area (Å²) in [5.41, 5.74) is 0.447. The fourth-order valence-corrected chi connectivity index (χ4v) is 5.05. The van der Waals surface area contributed by atoms with E-state index < -0.39 is 33.5 Å². The van der Waals surface area contributed by atoms with Gasteiger partial charge >= 0.3 is 6.18 Å². The molecule has 194 valence electrons. The van der Waals surface area contributed by atoms with E-state index in [2.05, 4.69) is 32.5 Å². The van der Waals surface area contributed by atoms with Crippen LogP contribution >= 0.6 is 0 Å². The Kier molecular flexibility index (Phi) is 7.23. The van der Waals surface area contributed by atoms with Crippen LogP contribution in [0.5, 0.6) is 0 Å². The molecule has 4 rings (SSSR count). The Bertz CT molecular complexity index is 1260. The lowest BCUT2D eigenvalue weighted by Gasteiger charge is -2.27. The van der Waals surface area contributed by atoms with Crippen molar-refractivity contribution in [2.45, 2.75) is 43.8 Å². The molecule has 1 saturated heterocycles. The fourth-order valence-electron chi connectivity index (χ4n) is 4.17. The first kappa shape index (κ1) is 25.9. The van der Waals surface area contributed by atoms with E-state index in [1.807, 2.05) is 6.07 Å². The van der Waals surface area contributed by atoms with E-state index in [1.165, 1.54) is 4.31 Å². The summed E-state index contributed by atoms with van der Waals surface area (Å²) < 4.78 is 66.1. The molecule has 0 radical (unpaired) electrons. The third kappa shape index (κ3) is 5.95. The van der Waals surface area contributed by atoms with E-state index in [4.69, 9.17) is 0 Å². The molecule has 2 fully saturated rings. The van der Waals surface area contributed by atoms with E-state index in [9.17, 15) is 26.4 Å². The van der Waals surface area contributed by atoms with Gasteiger partial charge in [-0.25, -0.2) is 17.7 Å². The van der Waals surface area contributed by atoms with E-state index in [1.54, 1.807) is 12.1 Å². The number of hydrogen-bond donors (Lipinski definition) is 3. The maximum atomic E-state index is 13.8. The summed E-state index contributed by atoms with van der Waals surface area (Å²) in [4.78, 5) is 19.9. The number of carbonyl (C=O) groups excluding carboxylic acids is 1. The van der Waals surface area contributed by atoms with E-state index in [0.29, 0.717) is 30.8 Å². The lowest BCUT2D eigenvalue weighted by Crippen LogP contribution is -2.31. The van der Waals surface area contributed by atoms with Gasteiger partial charge in [-0.1, -0.05) is 19.1 Å². The summed E-state index contributed by atoms with van der Waals surface area (Å²) in [5.74, 6) is -0.726. The number of carbonyl (C=O) groups is 1. The van der Waals surface area contributed by atoms with Crippen LogP contribution in [0.2, 0.25) is 0 Å². The normalized spacial score (nSPS) is 18.9. The summed E-state index contributed by atoms with van der Waals surface area (Å²) in [7, 11) is -3.38. The average Bonchev–Trinajstić information content (AvgIpc) is 3.22. The molecular formula is C23H27F3N6O3S. The molecule has 0 spiro atoms. The van der Waals surface area contributed by atoms with Crippen LogP contribution in [0.25, 0.3) is 0 Å². The van der Waals surface area contributed by atoms with Gasteiger partial charge in [0.2, 0.25) is 21.9 Å². The van der Waals surface area contributed by atoms with Gasteiger partial charge in [0.15, 0.2) is 0 Å². The third-order valence-electron chi connectivity index (χ3n) is 6.36. The first-order valence-corrected chi connectivity index (χ1v) is 13.3. The number of halogens is 3. The van der Waals surface area contributed by atoms with Crippen LogP contribution in [-0.4, -0.2) is 54.0 Å². The number of hydrogen-bond acceptors (Lipinski definition) is 7. The molecule has 1 aromatic carbocycles. The SMILES string of the molecule is C=CC(=O)Nc1cc(C2CCC2)ccc1Nc1nc(NC2CCN(S(C)(=O)=O)C2)ncc1C(F)(F)F. The van der Waals surface area contributed by atoms with Crippen molar-refractivity contribution in [1.29, 1.82) is 0 Å². The van der Waals surface area contributed by atoms with Gasteiger partial charge in [-0.2, -0.15) is 18.2 Å². The maximum absolute atomic E-state index is 13.8. The number of rotatable bonds is 8. The Labute approximate surface area is 207 Å². The number of amides is 1. The number of sulfonamides is 1. The summed E-state index contributed by atoms with van der Waals surface area (Å²) in [6, 6.07) is 4.83. The van der Waals surface area contributed by atoms with Crippen molar-refractivity contribution in [3.05, 3.63) is 48.2 Å². The van der Waals surface area contributed by atoms with Gasteiger partial charge in [0.05, 0.1) is 17.6 Å². The lowest BCUT2D eigenvalue weighted by atomic mass is 9.80. The largest absolute Gasteiger partial charge is 0.421 e. The second kappa shape index (κ2) is 10.1. The number of benzene rings is 1. The van der Waals surface area contributed by atoms with Crippen LogP contribution in [0.1, 0.15) is 42.7 Å². The molecule has 1 amide bonds. The maximum Gasteiger partial charge on any atom is 0.421 e. The zero-order valence-corrected chi connectivity index (χ0v) is 20.4. The molecule has 36 heavy (non-hydrogen) atoms. The van der Waals surface area contributed by atoms with E-state index >= 15 is 0 Å². The smallest absolute Gasteiger partial charge is 0.350 e. The molecule has 13 heteroatoms. The monoisotopic (exact) mass is 524 g/mol. The Morgan fingerprint density at radius 3 is 2.56 bits per heavy atom.